The van der Waals surface area contributed by atoms with Crippen molar-refractivity contribution >= 4 is 35.6 Å². The Morgan fingerprint density at radius 1 is 1.32 bits per heavy atom. The zero-order valence-electron chi connectivity index (χ0n) is 17.1. The highest BCUT2D eigenvalue weighted by molar-refractivity contribution is 14.0. The normalized spacial score (nSPS) is 17.1. The maximum absolute atomic E-state index is 5.60. The van der Waals surface area contributed by atoms with Gasteiger partial charge in [-0.1, -0.05) is 12.1 Å². The smallest absolute Gasteiger partial charge is 0.191 e. The summed E-state index contributed by atoms with van der Waals surface area (Å²) < 4.78 is 11.1. The van der Waals surface area contributed by atoms with Gasteiger partial charge < -0.3 is 24.7 Å². The number of para-hydroxylation sites is 2. The van der Waals surface area contributed by atoms with Gasteiger partial charge in [0.15, 0.2) is 5.96 Å². The summed E-state index contributed by atoms with van der Waals surface area (Å²) in [5.41, 5.74) is 2.31. The number of hydrogen-bond acceptors (Lipinski definition) is 4. The number of nitrogens with zero attached hydrogens (tertiary/aromatic N) is 2. The number of aliphatic imine (C=N–C) groups is 1. The number of hydrogen-bond donors (Lipinski definition) is 2. The molecule has 0 aliphatic carbocycles. The summed E-state index contributed by atoms with van der Waals surface area (Å²) >= 11 is 0. The molecule has 1 aromatic heterocycles. The molecule has 1 atom stereocenters. The number of anilines is 1. The van der Waals surface area contributed by atoms with E-state index in [9.17, 15) is 0 Å². The molecule has 0 saturated carbocycles. The van der Waals surface area contributed by atoms with Crippen molar-refractivity contribution in [3.8, 4) is 5.75 Å². The highest BCUT2D eigenvalue weighted by atomic mass is 127. The molecule has 28 heavy (non-hydrogen) atoms. The van der Waals surface area contributed by atoms with Gasteiger partial charge >= 0.3 is 0 Å². The quantitative estimate of drug-likeness (QED) is 0.373. The maximum atomic E-state index is 5.60. The molecule has 1 fully saturated rings. The lowest BCUT2D eigenvalue weighted by Crippen LogP contribution is -2.51. The zero-order valence-corrected chi connectivity index (χ0v) is 19.4. The SMILES string of the molecule is CN=C(NCc1cc(C)oc1C)NC1CCCN(c2ccccc2OC)C1.I. The van der Waals surface area contributed by atoms with Crippen molar-refractivity contribution in [3.63, 3.8) is 0 Å². The van der Waals surface area contributed by atoms with Crippen LogP contribution in [-0.2, 0) is 6.54 Å². The van der Waals surface area contributed by atoms with E-state index in [4.69, 9.17) is 9.15 Å². The third kappa shape index (κ3) is 5.56. The van der Waals surface area contributed by atoms with Crippen molar-refractivity contribution in [2.45, 2.75) is 39.3 Å². The molecular formula is C21H31IN4O2. The Bertz CT molecular complexity index is 790. The van der Waals surface area contributed by atoms with E-state index >= 15 is 0 Å². The summed E-state index contributed by atoms with van der Waals surface area (Å²) in [5.74, 6) is 3.63. The topological polar surface area (TPSA) is 62.0 Å². The third-order valence-electron chi connectivity index (χ3n) is 5.00. The molecule has 1 aliphatic heterocycles. The van der Waals surface area contributed by atoms with Crippen molar-refractivity contribution < 1.29 is 9.15 Å². The second-order valence-electron chi connectivity index (χ2n) is 6.97. The average molecular weight is 498 g/mol. The third-order valence-corrected chi connectivity index (χ3v) is 5.00. The van der Waals surface area contributed by atoms with E-state index in [2.05, 4.69) is 38.7 Å². The lowest BCUT2D eigenvalue weighted by molar-refractivity contribution is 0.408. The lowest BCUT2D eigenvalue weighted by Gasteiger charge is -2.36. The Morgan fingerprint density at radius 3 is 2.79 bits per heavy atom. The van der Waals surface area contributed by atoms with Crippen LogP contribution in [0.3, 0.4) is 0 Å². The minimum absolute atomic E-state index is 0. The van der Waals surface area contributed by atoms with Crippen molar-refractivity contribution in [1.29, 1.82) is 0 Å². The van der Waals surface area contributed by atoms with Crippen LogP contribution in [0.2, 0.25) is 0 Å². The minimum atomic E-state index is 0. The number of guanidine groups is 1. The molecule has 1 saturated heterocycles. The molecule has 0 spiro atoms. The lowest BCUT2D eigenvalue weighted by atomic mass is 10.0. The van der Waals surface area contributed by atoms with Gasteiger partial charge in [-0.2, -0.15) is 0 Å². The maximum Gasteiger partial charge on any atom is 0.191 e. The molecule has 7 heteroatoms. The molecule has 2 N–H and O–H groups in total. The molecule has 1 unspecified atom stereocenters. The number of rotatable bonds is 5. The van der Waals surface area contributed by atoms with E-state index < -0.39 is 0 Å². The van der Waals surface area contributed by atoms with Crippen LogP contribution in [-0.4, -0.2) is 39.2 Å². The first-order chi connectivity index (χ1) is 13.1. The molecule has 2 heterocycles. The number of ether oxygens (including phenoxy) is 1. The second-order valence-corrected chi connectivity index (χ2v) is 6.97. The molecule has 154 valence electrons. The van der Waals surface area contributed by atoms with Crippen LogP contribution in [0.25, 0.3) is 0 Å². The number of piperidine rings is 1. The molecule has 6 nitrogen and oxygen atoms in total. The fraction of sp³-hybridized carbons (Fsp3) is 0.476. The fourth-order valence-corrected chi connectivity index (χ4v) is 3.63. The first-order valence-electron chi connectivity index (χ1n) is 9.51. The molecule has 0 radical (unpaired) electrons. The standard InChI is InChI=1S/C21H30N4O2.HI/c1-15-12-17(16(2)27-15)13-23-21(22-3)24-18-8-7-11-25(14-18)19-9-5-6-10-20(19)26-4;/h5-6,9-10,12,18H,7-8,11,13-14H2,1-4H3,(H2,22,23,24);1H. The highest BCUT2D eigenvalue weighted by Gasteiger charge is 2.22. The number of methoxy groups -OCH3 is 1. The van der Waals surface area contributed by atoms with Gasteiger partial charge in [-0.05, 0) is 44.9 Å². The second kappa shape index (κ2) is 10.6. The zero-order chi connectivity index (χ0) is 19.2. The Labute approximate surface area is 184 Å². The number of nitrogens with one attached hydrogen (secondary N) is 2. The Kier molecular flexibility index (Phi) is 8.47. The Balaban J connectivity index is 0.00000280. The van der Waals surface area contributed by atoms with E-state index in [0.717, 1.165) is 60.4 Å². The largest absolute Gasteiger partial charge is 0.495 e. The molecule has 0 amide bonds. The van der Waals surface area contributed by atoms with E-state index in [1.807, 2.05) is 33.0 Å². The summed E-state index contributed by atoms with van der Waals surface area (Å²) in [4.78, 5) is 6.77. The monoisotopic (exact) mass is 498 g/mol. The van der Waals surface area contributed by atoms with Gasteiger partial charge in [-0.15, -0.1) is 24.0 Å². The van der Waals surface area contributed by atoms with Gasteiger partial charge in [0.1, 0.15) is 17.3 Å². The molecular weight excluding hydrogens is 467 g/mol. The van der Waals surface area contributed by atoms with E-state index in [0.29, 0.717) is 12.6 Å². The van der Waals surface area contributed by atoms with Crippen LogP contribution in [0.1, 0.15) is 29.9 Å². The molecule has 1 aliphatic rings. The average Bonchev–Trinajstić information content (AvgIpc) is 3.02. The van der Waals surface area contributed by atoms with Crippen LogP contribution >= 0.6 is 24.0 Å². The Morgan fingerprint density at radius 2 is 2.11 bits per heavy atom. The predicted octanol–water partition coefficient (Wildman–Crippen LogP) is 3.86. The van der Waals surface area contributed by atoms with Crippen LogP contribution in [0.15, 0.2) is 39.7 Å². The summed E-state index contributed by atoms with van der Waals surface area (Å²) in [6.45, 7) is 6.62. The van der Waals surface area contributed by atoms with Gasteiger partial charge in [0.2, 0.25) is 0 Å². The van der Waals surface area contributed by atoms with E-state index in [1.54, 1.807) is 7.11 Å². The van der Waals surface area contributed by atoms with Gasteiger partial charge in [-0.3, -0.25) is 4.99 Å². The first-order valence-corrected chi connectivity index (χ1v) is 9.51. The fourth-order valence-electron chi connectivity index (χ4n) is 3.63. The minimum Gasteiger partial charge on any atom is -0.495 e. The van der Waals surface area contributed by atoms with Crippen molar-refractivity contribution in [3.05, 3.63) is 47.4 Å². The van der Waals surface area contributed by atoms with Crippen molar-refractivity contribution in [1.82, 2.24) is 10.6 Å². The number of halogens is 1. The predicted molar refractivity (Wildman–Crippen MR) is 125 cm³/mol. The summed E-state index contributed by atoms with van der Waals surface area (Å²) in [5, 5.41) is 6.97. The van der Waals surface area contributed by atoms with Gasteiger partial charge in [0.25, 0.3) is 0 Å². The first kappa shape index (κ1) is 22.4. The molecule has 0 bridgehead atoms. The van der Waals surface area contributed by atoms with Gasteiger partial charge in [0, 0.05) is 38.3 Å². The van der Waals surface area contributed by atoms with E-state index in [-0.39, 0.29) is 24.0 Å². The van der Waals surface area contributed by atoms with Crippen molar-refractivity contribution in [2.24, 2.45) is 4.99 Å². The summed E-state index contributed by atoms with van der Waals surface area (Å²) in [6, 6.07) is 10.6. The Hall–Kier alpha value is -1.90. The summed E-state index contributed by atoms with van der Waals surface area (Å²) in [7, 11) is 3.54. The van der Waals surface area contributed by atoms with Gasteiger partial charge in [-0.25, -0.2) is 0 Å². The number of benzene rings is 1. The van der Waals surface area contributed by atoms with Crippen LogP contribution in [0, 0.1) is 13.8 Å². The number of furan rings is 1. The molecule has 3 rings (SSSR count). The van der Waals surface area contributed by atoms with Crippen LogP contribution < -0.4 is 20.3 Å². The van der Waals surface area contributed by atoms with Crippen molar-refractivity contribution in [2.75, 3.05) is 32.1 Å². The highest BCUT2D eigenvalue weighted by Crippen LogP contribution is 2.29. The molecule has 1 aromatic carbocycles. The van der Waals surface area contributed by atoms with Crippen LogP contribution in [0.5, 0.6) is 5.75 Å². The van der Waals surface area contributed by atoms with Gasteiger partial charge in [0.05, 0.1) is 12.8 Å². The van der Waals surface area contributed by atoms with Crippen LogP contribution in [0.4, 0.5) is 5.69 Å². The van der Waals surface area contributed by atoms with E-state index in [1.165, 1.54) is 0 Å². The summed E-state index contributed by atoms with van der Waals surface area (Å²) in [6.07, 6.45) is 2.25. The molecule has 2 aromatic rings. The number of aryl methyl sites for hydroxylation is 2.